The van der Waals surface area contributed by atoms with E-state index in [2.05, 4.69) is 4.74 Å². The molecular formula is C15H12F2O3. The lowest BCUT2D eigenvalue weighted by molar-refractivity contribution is -0.0498. The smallest absolute Gasteiger partial charge is 0.387 e. The van der Waals surface area contributed by atoms with Gasteiger partial charge in [-0.15, -0.1) is 0 Å². The number of ether oxygens (including phenoxy) is 1. The van der Waals surface area contributed by atoms with Crippen molar-refractivity contribution in [3.05, 3.63) is 65.7 Å². The highest BCUT2D eigenvalue weighted by atomic mass is 19.3. The molecule has 0 spiro atoms. The molecule has 20 heavy (non-hydrogen) atoms. The SMILES string of the molecule is O=Cc1ccc(OC(F)F)cc1.O=Cc1ccccc1. The van der Waals surface area contributed by atoms with Crippen LogP contribution in [0.2, 0.25) is 0 Å². The topological polar surface area (TPSA) is 43.4 Å². The number of carbonyl (C=O) groups excluding carboxylic acids is 2. The number of hydrogen-bond donors (Lipinski definition) is 0. The summed E-state index contributed by atoms with van der Waals surface area (Å²) in [6, 6.07) is 14.5. The molecule has 0 atom stereocenters. The molecule has 0 aliphatic rings. The van der Waals surface area contributed by atoms with Crippen molar-refractivity contribution < 1.29 is 23.1 Å². The molecule has 0 unspecified atom stereocenters. The quantitative estimate of drug-likeness (QED) is 0.802. The number of benzene rings is 2. The van der Waals surface area contributed by atoms with Crippen molar-refractivity contribution in [2.45, 2.75) is 6.61 Å². The van der Waals surface area contributed by atoms with Crippen molar-refractivity contribution in [2.24, 2.45) is 0 Å². The Balaban J connectivity index is 0.000000217. The molecule has 2 rings (SSSR count). The molecule has 0 N–H and O–H groups in total. The van der Waals surface area contributed by atoms with E-state index in [4.69, 9.17) is 0 Å². The fourth-order valence-electron chi connectivity index (χ4n) is 1.26. The van der Waals surface area contributed by atoms with Gasteiger partial charge in [0.1, 0.15) is 18.3 Å². The standard InChI is InChI=1S/C8H6F2O2.C7H6O/c9-8(10)12-7-3-1-6(5-11)2-4-7;8-6-7-4-2-1-3-5-7/h1-5,8H;1-6H. The lowest BCUT2D eigenvalue weighted by Crippen LogP contribution is -2.01. The molecule has 0 heterocycles. The molecule has 0 aliphatic heterocycles. The van der Waals surface area contributed by atoms with Gasteiger partial charge >= 0.3 is 6.61 Å². The molecule has 2 aromatic carbocycles. The Morgan fingerprint density at radius 2 is 1.30 bits per heavy atom. The van der Waals surface area contributed by atoms with E-state index in [-0.39, 0.29) is 5.75 Å². The Morgan fingerprint density at radius 1 is 0.800 bits per heavy atom. The molecular weight excluding hydrogens is 266 g/mol. The first kappa shape index (κ1) is 15.5. The number of aldehydes is 2. The van der Waals surface area contributed by atoms with Crippen LogP contribution >= 0.6 is 0 Å². The summed E-state index contributed by atoms with van der Waals surface area (Å²) in [7, 11) is 0. The van der Waals surface area contributed by atoms with E-state index in [1.807, 2.05) is 18.2 Å². The van der Waals surface area contributed by atoms with Gasteiger partial charge in [0.05, 0.1) is 0 Å². The predicted molar refractivity (Wildman–Crippen MR) is 70.3 cm³/mol. The van der Waals surface area contributed by atoms with Crippen LogP contribution < -0.4 is 4.74 Å². The molecule has 0 aliphatic carbocycles. The Kier molecular flexibility index (Phi) is 6.61. The van der Waals surface area contributed by atoms with E-state index < -0.39 is 6.61 Å². The molecule has 3 nitrogen and oxygen atoms in total. The van der Waals surface area contributed by atoms with Crippen molar-refractivity contribution in [2.75, 3.05) is 0 Å². The second-order valence-corrected chi connectivity index (χ2v) is 3.59. The number of carbonyl (C=O) groups is 2. The van der Waals surface area contributed by atoms with E-state index in [0.29, 0.717) is 11.8 Å². The lowest BCUT2D eigenvalue weighted by Gasteiger charge is -2.02. The molecule has 5 heteroatoms. The fourth-order valence-corrected chi connectivity index (χ4v) is 1.26. The van der Waals surface area contributed by atoms with E-state index in [1.54, 1.807) is 12.1 Å². The Labute approximate surface area is 114 Å². The van der Waals surface area contributed by atoms with Crippen molar-refractivity contribution in [1.29, 1.82) is 0 Å². The van der Waals surface area contributed by atoms with Gasteiger partial charge < -0.3 is 4.74 Å². The van der Waals surface area contributed by atoms with E-state index in [9.17, 15) is 18.4 Å². The van der Waals surface area contributed by atoms with Crippen LogP contribution in [0.4, 0.5) is 8.78 Å². The van der Waals surface area contributed by atoms with Crippen LogP contribution in [0, 0.1) is 0 Å². The molecule has 0 saturated heterocycles. The normalized spacial score (nSPS) is 9.35. The van der Waals surface area contributed by atoms with Crippen molar-refractivity contribution in [1.82, 2.24) is 0 Å². The van der Waals surface area contributed by atoms with Gasteiger partial charge in [-0.05, 0) is 24.3 Å². The van der Waals surface area contributed by atoms with E-state index in [0.717, 1.165) is 11.8 Å². The molecule has 0 fully saturated rings. The van der Waals surface area contributed by atoms with Gasteiger partial charge in [0.25, 0.3) is 0 Å². The number of hydrogen-bond acceptors (Lipinski definition) is 3. The Bertz CT molecular complexity index is 525. The summed E-state index contributed by atoms with van der Waals surface area (Å²) >= 11 is 0. The second-order valence-electron chi connectivity index (χ2n) is 3.59. The third kappa shape index (κ3) is 5.86. The van der Waals surface area contributed by atoms with Crippen LogP contribution in [0.5, 0.6) is 5.75 Å². The van der Waals surface area contributed by atoms with Crippen molar-refractivity contribution >= 4 is 12.6 Å². The van der Waals surface area contributed by atoms with Gasteiger partial charge in [-0.25, -0.2) is 0 Å². The molecule has 0 bridgehead atoms. The van der Waals surface area contributed by atoms with Gasteiger partial charge in [0.15, 0.2) is 0 Å². The average Bonchev–Trinajstić information content (AvgIpc) is 2.49. The van der Waals surface area contributed by atoms with Crippen LogP contribution in [0.3, 0.4) is 0 Å². The van der Waals surface area contributed by atoms with Crippen molar-refractivity contribution in [3.8, 4) is 5.75 Å². The van der Waals surface area contributed by atoms with Crippen LogP contribution in [0.1, 0.15) is 20.7 Å². The lowest BCUT2D eigenvalue weighted by atomic mass is 10.2. The summed E-state index contributed by atoms with van der Waals surface area (Å²) in [4.78, 5) is 20.2. The maximum atomic E-state index is 11.6. The predicted octanol–water partition coefficient (Wildman–Crippen LogP) is 3.60. The zero-order chi connectivity index (χ0) is 14.8. The van der Waals surface area contributed by atoms with E-state index in [1.165, 1.54) is 24.3 Å². The summed E-state index contributed by atoms with van der Waals surface area (Å²) in [6.07, 6.45) is 1.46. The van der Waals surface area contributed by atoms with Gasteiger partial charge in [0, 0.05) is 11.1 Å². The minimum Gasteiger partial charge on any atom is -0.435 e. The molecule has 2 aromatic rings. The first-order valence-corrected chi connectivity index (χ1v) is 5.66. The third-order valence-corrected chi connectivity index (χ3v) is 2.18. The van der Waals surface area contributed by atoms with E-state index >= 15 is 0 Å². The summed E-state index contributed by atoms with van der Waals surface area (Å²) in [6.45, 7) is -2.83. The maximum absolute atomic E-state index is 11.6. The molecule has 0 radical (unpaired) electrons. The highest BCUT2D eigenvalue weighted by Gasteiger charge is 2.02. The third-order valence-electron chi connectivity index (χ3n) is 2.18. The number of alkyl halides is 2. The summed E-state index contributed by atoms with van der Waals surface area (Å²) < 4.78 is 27.3. The van der Waals surface area contributed by atoms with Crippen LogP contribution in [-0.2, 0) is 0 Å². The largest absolute Gasteiger partial charge is 0.435 e. The van der Waals surface area contributed by atoms with Gasteiger partial charge in [-0.3, -0.25) is 9.59 Å². The zero-order valence-electron chi connectivity index (χ0n) is 10.4. The summed E-state index contributed by atoms with van der Waals surface area (Å²) in [5.74, 6) is 0.0515. The summed E-state index contributed by atoms with van der Waals surface area (Å²) in [5, 5.41) is 0. The fraction of sp³-hybridized carbons (Fsp3) is 0.0667. The number of halogens is 2. The van der Waals surface area contributed by atoms with Crippen LogP contribution in [0.15, 0.2) is 54.6 Å². The minimum atomic E-state index is -2.83. The first-order valence-electron chi connectivity index (χ1n) is 5.66. The zero-order valence-corrected chi connectivity index (χ0v) is 10.4. The minimum absolute atomic E-state index is 0.0515. The highest BCUT2D eigenvalue weighted by molar-refractivity contribution is 5.75. The molecule has 0 saturated carbocycles. The van der Waals surface area contributed by atoms with Gasteiger partial charge in [-0.2, -0.15) is 8.78 Å². The Hall–Kier alpha value is -2.56. The molecule has 0 aromatic heterocycles. The van der Waals surface area contributed by atoms with Gasteiger partial charge in [-0.1, -0.05) is 30.3 Å². The highest BCUT2D eigenvalue weighted by Crippen LogP contribution is 2.13. The molecule has 104 valence electrons. The van der Waals surface area contributed by atoms with Crippen molar-refractivity contribution in [3.63, 3.8) is 0 Å². The average molecular weight is 278 g/mol. The maximum Gasteiger partial charge on any atom is 0.387 e. The number of rotatable bonds is 4. The first-order chi connectivity index (χ1) is 9.65. The monoisotopic (exact) mass is 278 g/mol. The van der Waals surface area contributed by atoms with Crippen LogP contribution in [0.25, 0.3) is 0 Å². The van der Waals surface area contributed by atoms with Crippen LogP contribution in [-0.4, -0.2) is 19.2 Å². The van der Waals surface area contributed by atoms with Gasteiger partial charge in [0.2, 0.25) is 0 Å². The summed E-state index contributed by atoms with van der Waals surface area (Å²) in [5.41, 5.74) is 1.16. The Morgan fingerprint density at radius 3 is 1.70 bits per heavy atom. The molecule has 0 amide bonds. The second kappa shape index (κ2) is 8.53.